The molecule has 98 valence electrons. The second kappa shape index (κ2) is 20.0. The van der Waals surface area contributed by atoms with Crippen LogP contribution in [0.3, 0.4) is 0 Å². The zero-order valence-electron chi connectivity index (χ0n) is 12.9. The van der Waals surface area contributed by atoms with Crippen LogP contribution in [0.25, 0.3) is 0 Å². The predicted molar refractivity (Wildman–Crippen MR) is 79.9 cm³/mol. The van der Waals surface area contributed by atoms with Crippen molar-refractivity contribution in [3.8, 4) is 0 Å². The van der Waals surface area contributed by atoms with Gasteiger partial charge in [0.15, 0.2) is 0 Å². The van der Waals surface area contributed by atoms with Crippen LogP contribution in [0.2, 0.25) is 0 Å². The van der Waals surface area contributed by atoms with E-state index in [1.54, 1.807) is 0 Å². The van der Waals surface area contributed by atoms with Crippen LogP contribution in [0.5, 0.6) is 0 Å². The van der Waals surface area contributed by atoms with Gasteiger partial charge in [-0.3, -0.25) is 0 Å². The molecule has 0 saturated heterocycles. The maximum absolute atomic E-state index is 2.18. The highest BCUT2D eigenvalue weighted by Gasteiger charge is 1.77. The summed E-state index contributed by atoms with van der Waals surface area (Å²) in [6.45, 7) is 17.1. The highest BCUT2D eigenvalue weighted by molar-refractivity contribution is 4.79. The molecule has 0 aliphatic carbocycles. The van der Waals surface area contributed by atoms with E-state index < -0.39 is 0 Å². The molecule has 0 rings (SSSR count). The van der Waals surface area contributed by atoms with Crippen molar-refractivity contribution in [3.05, 3.63) is 24.3 Å². The summed E-state index contributed by atoms with van der Waals surface area (Å²) in [4.78, 5) is 0. The van der Waals surface area contributed by atoms with E-state index in [0.29, 0.717) is 0 Å². The summed E-state index contributed by atoms with van der Waals surface area (Å²) in [7, 11) is 0. The van der Waals surface area contributed by atoms with Gasteiger partial charge in [0.25, 0.3) is 0 Å². The largest absolute Gasteiger partial charge is 0.0914 e. The lowest BCUT2D eigenvalue weighted by atomic mass is 10.2. The summed E-state index contributed by atoms with van der Waals surface area (Å²) >= 11 is 0. The lowest BCUT2D eigenvalue weighted by Gasteiger charge is -1.86. The third kappa shape index (κ3) is 50.0. The van der Waals surface area contributed by atoms with E-state index in [1.807, 2.05) is 13.8 Å². The van der Waals surface area contributed by atoms with Crippen molar-refractivity contribution in [2.24, 2.45) is 11.8 Å². The summed E-state index contributed by atoms with van der Waals surface area (Å²) in [5, 5.41) is 0. The summed E-state index contributed by atoms with van der Waals surface area (Å²) in [5.41, 5.74) is 0. The van der Waals surface area contributed by atoms with Gasteiger partial charge >= 0.3 is 0 Å². The van der Waals surface area contributed by atoms with Crippen LogP contribution in [0.15, 0.2) is 24.3 Å². The summed E-state index contributed by atoms with van der Waals surface area (Å²) in [6, 6.07) is 0. The maximum atomic E-state index is 2.18. The fraction of sp³-hybridized carbons (Fsp3) is 0.750. The van der Waals surface area contributed by atoms with E-state index in [9.17, 15) is 0 Å². The lowest BCUT2D eigenvalue weighted by Crippen LogP contribution is -1.73. The fourth-order valence-electron chi connectivity index (χ4n) is 0.770. The Bertz CT molecular complexity index is 120. The van der Waals surface area contributed by atoms with Gasteiger partial charge in [-0.1, -0.05) is 78.7 Å². The van der Waals surface area contributed by atoms with Gasteiger partial charge in [0.05, 0.1) is 0 Å². The van der Waals surface area contributed by atoms with Crippen molar-refractivity contribution in [1.29, 1.82) is 0 Å². The normalized spacial score (nSPS) is 10.4. The van der Waals surface area contributed by atoms with Crippen LogP contribution in [0, 0.1) is 11.8 Å². The van der Waals surface area contributed by atoms with Crippen molar-refractivity contribution in [3.63, 3.8) is 0 Å². The van der Waals surface area contributed by atoms with Crippen LogP contribution >= 0.6 is 0 Å². The number of hydrogen-bond acceptors (Lipinski definition) is 0. The van der Waals surface area contributed by atoms with Crippen molar-refractivity contribution in [1.82, 2.24) is 0 Å². The average molecular weight is 226 g/mol. The van der Waals surface area contributed by atoms with Crippen LogP contribution in [-0.4, -0.2) is 0 Å². The molecule has 16 heavy (non-hydrogen) atoms. The predicted octanol–water partition coefficient (Wildman–Crippen LogP) is 6.24. The van der Waals surface area contributed by atoms with Crippen LogP contribution in [0.4, 0.5) is 0 Å². The maximum Gasteiger partial charge on any atom is -0.0291 e. The molecule has 0 aromatic rings. The Morgan fingerprint density at radius 2 is 0.938 bits per heavy atom. The highest BCUT2D eigenvalue weighted by Crippen LogP contribution is 1.91. The molecule has 0 aliphatic rings. The number of allylic oxidation sites excluding steroid dienone is 4. The van der Waals surface area contributed by atoms with Gasteiger partial charge in [-0.25, -0.2) is 0 Å². The SMILES string of the molecule is CC=CC(C)C.CC=CC(C)C.CCCC. The molecule has 0 bridgehead atoms. The van der Waals surface area contributed by atoms with E-state index in [4.69, 9.17) is 0 Å². The van der Waals surface area contributed by atoms with E-state index in [1.165, 1.54) is 12.8 Å². The molecule has 0 amide bonds. The topological polar surface area (TPSA) is 0 Å². The molecular formula is C16H34. The Labute approximate surface area is 105 Å². The van der Waals surface area contributed by atoms with E-state index >= 15 is 0 Å². The molecule has 0 N–H and O–H groups in total. The minimum atomic E-state index is 0.718. The first kappa shape index (κ1) is 20.8. The van der Waals surface area contributed by atoms with Crippen LogP contribution in [-0.2, 0) is 0 Å². The molecule has 0 saturated carbocycles. The zero-order valence-corrected chi connectivity index (χ0v) is 12.9. The van der Waals surface area contributed by atoms with Crippen molar-refractivity contribution < 1.29 is 0 Å². The minimum Gasteiger partial charge on any atom is -0.0914 e. The Kier molecular flexibility index (Phi) is 26.0. The lowest BCUT2D eigenvalue weighted by molar-refractivity contribution is 0.830. The molecule has 0 fully saturated rings. The van der Waals surface area contributed by atoms with Gasteiger partial charge in [-0.05, 0) is 25.7 Å². The van der Waals surface area contributed by atoms with Crippen molar-refractivity contribution >= 4 is 0 Å². The number of rotatable bonds is 3. The highest BCUT2D eigenvalue weighted by atomic mass is 13.8. The first-order valence-corrected chi connectivity index (χ1v) is 6.71. The van der Waals surface area contributed by atoms with Crippen molar-refractivity contribution in [2.75, 3.05) is 0 Å². The number of hydrogen-bond donors (Lipinski definition) is 0. The third-order valence-corrected chi connectivity index (χ3v) is 1.65. The molecule has 0 aromatic carbocycles. The molecule has 0 radical (unpaired) electrons. The second-order valence-corrected chi connectivity index (χ2v) is 4.54. The molecule has 0 atom stereocenters. The third-order valence-electron chi connectivity index (χ3n) is 1.65. The van der Waals surface area contributed by atoms with E-state index in [2.05, 4.69) is 65.8 Å². The molecule has 0 heterocycles. The Balaban J connectivity index is -0.000000162. The monoisotopic (exact) mass is 226 g/mol. The summed E-state index contributed by atoms with van der Waals surface area (Å²) < 4.78 is 0. The van der Waals surface area contributed by atoms with Gasteiger partial charge in [-0.15, -0.1) is 0 Å². The second-order valence-electron chi connectivity index (χ2n) is 4.54. The molecule has 0 heteroatoms. The van der Waals surface area contributed by atoms with E-state index in [-0.39, 0.29) is 0 Å². The quantitative estimate of drug-likeness (QED) is 0.499. The Hall–Kier alpha value is -0.520. The standard InChI is InChI=1S/2C6H12.C4H10/c2*1-4-5-6(2)3;1-3-4-2/h2*4-6H,1-3H3;3-4H2,1-2H3. The Morgan fingerprint density at radius 1 is 0.688 bits per heavy atom. The first-order valence-electron chi connectivity index (χ1n) is 6.71. The summed E-state index contributed by atoms with van der Waals surface area (Å²) in [5.74, 6) is 1.44. The van der Waals surface area contributed by atoms with Gasteiger partial charge in [0.2, 0.25) is 0 Å². The van der Waals surface area contributed by atoms with Gasteiger partial charge in [0, 0.05) is 0 Å². The molecular weight excluding hydrogens is 192 g/mol. The smallest absolute Gasteiger partial charge is 0.0291 e. The molecule has 0 aromatic heterocycles. The molecule has 0 unspecified atom stereocenters. The zero-order chi connectivity index (χ0) is 13.4. The average Bonchev–Trinajstić information content (AvgIpc) is 2.18. The van der Waals surface area contributed by atoms with Crippen molar-refractivity contribution in [2.45, 2.75) is 68.2 Å². The molecule has 0 nitrogen and oxygen atoms in total. The van der Waals surface area contributed by atoms with Gasteiger partial charge in [0.1, 0.15) is 0 Å². The van der Waals surface area contributed by atoms with Crippen LogP contribution < -0.4 is 0 Å². The van der Waals surface area contributed by atoms with Gasteiger partial charge in [-0.2, -0.15) is 0 Å². The Morgan fingerprint density at radius 3 is 0.938 bits per heavy atom. The fourth-order valence-corrected chi connectivity index (χ4v) is 0.770. The van der Waals surface area contributed by atoms with E-state index in [0.717, 1.165) is 11.8 Å². The van der Waals surface area contributed by atoms with Crippen LogP contribution in [0.1, 0.15) is 68.2 Å². The van der Waals surface area contributed by atoms with Gasteiger partial charge < -0.3 is 0 Å². The minimum absolute atomic E-state index is 0.718. The molecule has 0 spiro atoms. The first-order chi connectivity index (χ1) is 7.45. The molecule has 0 aliphatic heterocycles. The summed E-state index contributed by atoms with van der Waals surface area (Å²) in [6.07, 6.45) is 11.1. The number of unbranched alkanes of at least 4 members (excludes halogenated alkanes) is 1.